The van der Waals surface area contributed by atoms with E-state index in [0.717, 1.165) is 11.1 Å². The second-order valence-electron chi connectivity index (χ2n) is 7.31. The lowest BCUT2D eigenvalue weighted by Crippen LogP contribution is -2.50. The van der Waals surface area contributed by atoms with Crippen LogP contribution >= 0.6 is 0 Å². The van der Waals surface area contributed by atoms with Crippen LogP contribution in [0.25, 0.3) is 0 Å². The topological polar surface area (TPSA) is 76.0 Å². The van der Waals surface area contributed by atoms with E-state index < -0.39 is 17.8 Å². The summed E-state index contributed by atoms with van der Waals surface area (Å²) in [7, 11) is 1.74. The van der Waals surface area contributed by atoms with Crippen molar-refractivity contribution in [2.45, 2.75) is 25.8 Å². The van der Waals surface area contributed by atoms with Crippen LogP contribution in [0.2, 0.25) is 0 Å². The summed E-state index contributed by atoms with van der Waals surface area (Å²) in [6, 6.07) is 12.3. The fraction of sp³-hybridized carbons (Fsp3) is 0.227. The average molecular weight is 392 g/mol. The first-order chi connectivity index (χ1) is 13.8. The Labute approximate surface area is 167 Å². The van der Waals surface area contributed by atoms with Crippen molar-refractivity contribution >= 4 is 17.6 Å². The van der Waals surface area contributed by atoms with Crippen molar-refractivity contribution < 1.29 is 14.0 Å². The summed E-state index contributed by atoms with van der Waals surface area (Å²) in [6.07, 6.45) is 0. The van der Waals surface area contributed by atoms with Crippen molar-refractivity contribution in [3.05, 3.63) is 82.3 Å². The zero-order chi connectivity index (χ0) is 20.7. The number of rotatable bonds is 3. The van der Waals surface area contributed by atoms with Gasteiger partial charge in [0.2, 0.25) is 5.91 Å². The first-order valence-electron chi connectivity index (χ1n) is 9.32. The van der Waals surface area contributed by atoms with Gasteiger partial charge in [0.15, 0.2) is 0 Å². The van der Waals surface area contributed by atoms with E-state index >= 15 is 0 Å². The summed E-state index contributed by atoms with van der Waals surface area (Å²) in [6.45, 7) is 3.77. The lowest BCUT2D eigenvalue weighted by Gasteiger charge is -2.32. The first kappa shape index (κ1) is 18.9. The smallest absolute Gasteiger partial charge is 0.251 e. The van der Waals surface area contributed by atoms with E-state index in [1.54, 1.807) is 36.0 Å². The second kappa shape index (κ2) is 7.16. The van der Waals surface area contributed by atoms with Gasteiger partial charge in [0.1, 0.15) is 17.7 Å². The quantitative estimate of drug-likeness (QED) is 0.719. The van der Waals surface area contributed by atoms with Gasteiger partial charge in [-0.15, -0.1) is 0 Å². The molecule has 148 valence electrons. The summed E-state index contributed by atoms with van der Waals surface area (Å²) in [4.78, 5) is 25.8. The Morgan fingerprint density at radius 2 is 1.90 bits per heavy atom. The van der Waals surface area contributed by atoms with Gasteiger partial charge >= 0.3 is 0 Å². The molecule has 1 aliphatic heterocycles. The summed E-state index contributed by atoms with van der Waals surface area (Å²) < 4.78 is 15.6. The molecular formula is C22H21FN4O2. The highest BCUT2D eigenvalue weighted by Gasteiger charge is 2.41. The van der Waals surface area contributed by atoms with E-state index in [1.165, 1.54) is 12.1 Å². The standard InChI is InChI=1S/C22H21FN4O2/c1-12-7-9-14(10-8-12)21(28)24-19-18(15-5-4-6-16(23)11-15)17-13(2)26-27(3)20(17)25-22(19)29/h4-11,18-19H,1-3H3,(H,24,28)(H,25,29)/t18-,19+/m0/s1. The number of hydrogen-bond acceptors (Lipinski definition) is 3. The molecule has 0 fully saturated rings. The van der Waals surface area contributed by atoms with Gasteiger partial charge in [-0.1, -0.05) is 29.8 Å². The van der Waals surface area contributed by atoms with E-state index in [9.17, 15) is 14.0 Å². The number of carbonyl (C=O) groups excluding carboxylic acids is 2. The molecule has 3 aromatic rings. The predicted molar refractivity (Wildman–Crippen MR) is 107 cm³/mol. The van der Waals surface area contributed by atoms with Crippen LogP contribution in [0.3, 0.4) is 0 Å². The number of nitrogens with one attached hydrogen (secondary N) is 2. The van der Waals surface area contributed by atoms with Gasteiger partial charge < -0.3 is 10.6 Å². The molecular weight excluding hydrogens is 371 g/mol. The largest absolute Gasteiger partial charge is 0.339 e. The third kappa shape index (κ3) is 3.40. The molecule has 6 nitrogen and oxygen atoms in total. The molecule has 2 amide bonds. The molecule has 0 saturated heterocycles. The normalized spacial score (nSPS) is 18.1. The number of aromatic nitrogens is 2. The number of hydrogen-bond donors (Lipinski definition) is 2. The SMILES string of the molecule is Cc1ccc(C(=O)N[C@H]2C(=O)Nc3c(c(C)nn3C)[C@@H]2c2cccc(F)c2)cc1. The van der Waals surface area contributed by atoms with Crippen LogP contribution in [-0.2, 0) is 11.8 Å². The van der Waals surface area contributed by atoms with Crippen molar-refractivity contribution in [1.82, 2.24) is 15.1 Å². The lowest BCUT2D eigenvalue weighted by atomic mass is 9.82. The molecule has 0 bridgehead atoms. The number of carbonyl (C=O) groups is 2. The molecule has 1 aromatic heterocycles. The van der Waals surface area contributed by atoms with Crippen molar-refractivity contribution in [3.63, 3.8) is 0 Å². The van der Waals surface area contributed by atoms with Crippen molar-refractivity contribution in [2.24, 2.45) is 7.05 Å². The second-order valence-corrected chi connectivity index (χ2v) is 7.31. The molecule has 29 heavy (non-hydrogen) atoms. The molecule has 2 heterocycles. The number of halogens is 1. The third-order valence-corrected chi connectivity index (χ3v) is 5.25. The zero-order valence-corrected chi connectivity index (χ0v) is 16.4. The van der Waals surface area contributed by atoms with Gasteiger partial charge in [-0.3, -0.25) is 14.3 Å². The molecule has 2 atom stereocenters. The van der Waals surface area contributed by atoms with Crippen molar-refractivity contribution in [1.29, 1.82) is 0 Å². The average Bonchev–Trinajstić information content (AvgIpc) is 2.96. The summed E-state index contributed by atoms with van der Waals surface area (Å²) in [5, 5.41) is 10.1. The highest BCUT2D eigenvalue weighted by Crippen LogP contribution is 2.39. The van der Waals surface area contributed by atoms with E-state index in [4.69, 9.17) is 0 Å². The number of nitrogens with zero attached hydrogens (tertiary/aromatic N) is 2. The molecule has 2 aromatic carbocycles. The van der Waals surface area contributed by atoms with E-state index in [2.05, 4.69) is 15.7 Å². The van der Waals surface area contributed by atoms with Crippen LogP contribution in [0.5, 0.6) is 0 Å². The van der Waals surface area contributed by atoms with Gasteiger partial charge in [0, 0.05) is 24.1 Å². The fourth-order valence-corrected chi connectivity index (χ4v) is 3.85. The number of benzene rings is 2. The maximum Gasteiger partial charge on any atom is 0.251 e. The Bertz CT molecular complexity index is 1100. The highest BCUT2D eigenvalue weighted by atomic mass is 19.1. The Morgan fingerprint density at radius 1 is 1.17 bits per heavy atom. The first-order valence-corrected chi connectivity index (χ1v) is 9.32. The van der Waals surface area contributed by atoms with Crippen molar-refractivity contribution in [3.8, 4) is 0 Å². The number of amides is 2. The lowest BCUT2D eigenvalue weighted by molar-refractivity contribution is -0.118. The third-order valence-electron chi connectivity index (χ3n) is 5.25. The molecule has 0 aliphatic carbocycles. The Kier molecular flexibility index (Phi) is 4.66. The van der Waals surface area contributed by atoms with Gasteiger partial charge in [-0.05, 0) is 43.7 Å². The van der Waals surface area contributed by atoms with Gasteiger partial charge in [-0.2, -0.15) is 5.10 Å². The van der Waals surface area contributed by atoms with Crippen LogP contribution in [0.15, 0.2) is 48.5 Å². The number of aryl methyl sites for hydroxylation is 3. The maximum absolute atomic E-state index is 14.0. The van der Waals surface area contributed by atoms with Crippen molar-refractivity contribution in [2.75, 3.05) is 5.32 Å². The minimum Gasteiger partial charge on any atom is -0.339 e. The monoisotopic (exact) mass is 392 g/mol. The van der Waals surface area contributed by atoms with Crippen LogP contribution in [0.1, 0.15) is 38.7 Å². The zero-order valence-electron chi connectivity index (χ0n) is 16.4. The molecule has 0 spiro atoms. The predicted octanol–water partition coefficient (Wildman–Crippen LogP) is 3.06. The fourth-order valence-electron chi connectivity index (χ4n) is 3.85. The molecule has 0 saturated carbocycles. The Hall–Kier alpha value is -3.48. The van der Waals surface area contributed by atoms with E-state index in [1.807, 2.05) is 26.0 Å². The minimum absolute atomic E-state index is 0.364. The summed E-state index contributed by atoms with van der Waals surface area (Å²) in [5.74, 6) is -1.13. The van der Waals surface area contributed by atoms with Crippen LogP contribution in [0.4, 0.5) is 10.2 Å². The molecule has 4 rings (SSSR count). The molecule has 2 N–H and O–H groups in total. The number of fused-ring (bicyclic) bond motifs is 1. The number of anilines is 1. The minimum atomic E-state index is -0.902. The summed E-state index contributed by atoms with van der Waals surface area (Å²) in [5.41, 5.74) is 3.57. The highest BCUT2D eigenvalue weighted by molar-refractivity contribution is 6.03. The molecule has 7 heteroatoms. The van der Waals surface area contributed by atoms with Gasteiger partial charge in [0.25, 0.3) is 5.91 Å². The summed E-state index contributed by atoms with van der Waals surface area (Å²) >= 11 is 0. The van der Waals surface area contributed by atoms with Crippen LogP contribution in [0, 0.1) is 19.7 Å². The molecule has 1 aliphatic rings. The van der Waals surface area contributed by atoms with Gasteiger partial charge in [0.05, 0.1) is 5.69 Å². The Balaban J connectivity index is 1.78. The van der Waals surface area contributed by atoms with Crippen LogP contribution < -0.4 is 10.6 Å². The maximum atomic E-state index is 14.0. The van der Waals surface area contributed by atoms with E-state index in [-0.39, 0.29) is 11.8 Å². The molecule has 0 unspecified atom stereocenters. The van der Waals surface area contributed by atoms with E-state index in [0.29, 0.717) is 22.6 Å². The van der Waals surface area contributed by atoms with Crippen LogP contribution in [-0.4, -0.2) is 27.6 Å². The Morgan fingerprint density at radius 3 is 2.59 bits per heavy atom. The molecule has 0 radical (unpaired) electrons. The van der Waals surface area contributed by atoms with Gasteiger partial charge in [-0.25, -0.2) is 4.39 Å².